The molecular formula is C23H24FNO2S. The summed E-state index contributed by atoms with van der Waals surface area (Å²) in [4.78, 5) is 15.3. The van der Waals surface area contributed by atoms with Crippen molar-refractivity contribution in [3.8, 4) is 5.75 Å². The summed E-state index contributed by atoms with van der Waals surface area (Å²) in [5, 5.41) is 0. The van der Waals surface area contributed by atoms with Gasteiger partial charge in [0, 0.05) is 29.2 Å². The van der Waals surface area contributed by atoms with Gasteiger partial charge < -0.3 is 9.64 Å². The van der Waals surface area contributed by atoms with Crippen LogP contribution in [-0.2, 0) is 0 Å². The van der Waals surface area contributed by atoms with Gasteiger partial charge in [-0.25, -0.2) is 4.39 Å². The van der Waals surface area contributed by atoms with Crippen LogP contribution in [0.3, 0.4) is 0 Å². The van der Waals surface area contributed by atoms with E-state index in [-0.39, 0.29) is 23.8 Å². The van der Waals surface area contributed by atoms with E-state index in [1.165, 1.54) is 5.56 Å². The van der Waals surface area contributed by atoms with Gasteiger partial charge in [0.1, 0.15) is 17.7 Å². The van der Waals surface area contributed by atoms with Crippen LogP contribution in [0.4, 0.5) is 4.39 Å². The SMILES string of the molecule is O=C(c1ccc(OC2CSC2)cc1)N1[C@@H]2CC[C@@H]1CC(c1ccc(F)cc1)C2. The molecule has 28 heavy (non-hydrogen) atoms. The molecule has 0 aliphatic carbocycles. The molecule has 5 rings (SSSR count). The van der Waals surface area contributed by atoms with Crippen molar-refractivity contribution in [3.63, 3.8) is 0 Å². The van der Waals surface area contributed by atoms with E-state index in [4.69, 9.17) is 4.74 Å². The topological polar surface area (TPSA) is 29.5 Å². The number of carbonyl (C=O) groups excluding carboxylic acids is 1. The lowest BCUT2D eigenvalue weighted by molar-refractivity contribution is 0.0571. The standard InChI is InChI=1S/C23H24FNO2S/c24-18-5-1-15(2-6-18)17-11-19-7-8-20(12-17)25(19)23(26)16-3-9-21(10-4-16)27-22-13-28-14-22/h1-6,9-10,17,19-20,22H,7-8,11-14H2/t19-,20-/m1/s1. The predicted molar refractivity (Wildman–Crippen MR) is 110 cm³/mol. The zero-order valence-electron chi connectivity index (χ0n) is 15.7. The number of halogens is 1. The first kappa shape index (κ1) is 18.0. The normalized spacial score (nSPS) is 26.8. The van der Waals surface area contributed by atoms with Crippen LogP contribution in [0.1, 0.15) is 47.5 Å². The largest absolute Gasteiger partial charge is 0.489 e. The van der Waals surface area contributed by atoms with Gasteiger partial charge in [0.25, 0.3) is 5.91 Å². The molecule has 0 spiro atoms. The molecule has 3 saturated heterocycles. The Labute approximate surface area is 169 Å². The van der Waals surface area contributed by atoms with Crippen molar-refractivity contribution in [1.29, 1.82) is 0 Å². The summed E-state index contributed by atoms with van der Waals surface area (Å²) in [5.41, 5.74) is 1.94. The van der Waals surface area contributed by atoms with Crippen molar-refractivity contribution in [2.24, 2.45) is 0 Å². The summed E-state index contributed by atoms with van der Waals surface area (Å²) in [5.74, 6) is 3.30. The Morgan fingerprint density at radius 1 is 0.964 bits per heavy atom. The van der Waals surface area contributed by atoms with Gasteiger partial charge >= 0.3 is 0 Å². The van der Waals surface area contributed by atoms with Crippen LogP contribution in [0.5, 0.6) is 5.75 Å². The molecule has 2 aromatic rings. The van der Waals surface area contributed by atoms with Crippen molar-refractivity contribution in [2.45, 2.75) is 49.8 Å². The molecule has 3 fully saturated rings. The summed E-state index contributed by atoms with van der Waals surface area (Å²) < 4.78 is 19.1. The van der Waals surface area contributed by atoms with E-state index in [0.717, 1.165) is 48.5 Å². The Balaban J connectivity index is 1.27. The Hall–Kier alpha value is -2.01. The first-order chi connectivity index (χ1) is 13.7. The van der Waals surface area contributed by atoms with Crippen molar-refractivity contribution >= 4 is 17.7 Å². The quantitative estimate of drug-likeness (QED) is 0.737. The summed E-state index contributed by atoms with van der Waals surface area (Å²) in [6, 6.07) is 15.1. The van der Waals surface area contributed by atoms with Gasteiger partial charge in [-0.05, 0) is 73.6 Å². The monoisotopic (exact) mass is 397 g/mol. The lowest BCUT2D eigenvalue weighted by Crippen LogP contribution is -2.46. The number of carbonyl (C=O) groups is 1. The highest BCUT2D eigenvalue weighted by Gasteiger charge is 2.43. The van der Waals surface area contributed by atoms with E-state index < -0.39 is 0 Å². The molecule has 0 radical (unpaired) electrons. The zero-order valence-corrected chi connectivity index (χ0v) is 16.5. The van der Waals surface area contributed by atoms with E-state index in [2.05, 4.69) is 4.90 Å². The van der Waals surface area contributed by atoms with Crippen LogP contribution >= 0.6 is 11.8 Å². The second-order valence-electron chi connectivity index (χ2n) is 8.12. The molecule has 5 heteroatoms. The fourth-order valence-electron chi connectivity index (χ4n) is 4.82. The Morgan fingerprint density at radius 2 is 1.61 bits per heavy atom. The highest BCUT2D eigenvalue weighted by atomic mass is 32.2. The van der Waals surface area contributed by atoms with Gasteiger partial charge in [-0.3, -0.25) is 4.79 Å². The third kappa shape index (κ3) is 3.41. The van der Waals surface area contributed by atoms with E-state index in [1.807, 2.05) is 48.2 Å². The Morgan fingerprint density at radius 3 is 2.18 bits per heavy atom. The predicted octanol–water partition coefficient (Wildman–Crippen LogP) is 4.87. The average Bonchev–Trinajstić information content (AvgIpc) is 2.94. The molecule has 0 saturated carbocycles. The number of hydrogen-bond acceptors (Lipinski definition) is 3. The summed E-state index contributed by atoms with van der Waals surface area (Å²) >= 11 is 1.89. The van der Waals surface area contributed by atoms with E-state index in [0.29, 0.717) is 12.0 Å². The van der Waals surface area contributed by atoms with Gasteiger partial charge in [-0.2, -0.15) is 11.8 Å². The lowest BCUT2D eigenvalue weighted by atomic mass is 9.85. The Bertz CT molecular complexity index is 836. The van der Waals surface area contributed by atoms with Crippen molar-refractivity contribution in [1.82, 2.24) is 4.90 Å². The number of benzene rings is 2. The third-order valence-electron chi connectivity index (χ3n) is 6.32. The summed E-state index contributed by atoms with van der Waals surface area (Å²) in [7, 11) is 0. The van der Waals surface area contributed by atoms with Crippen molar-refractivity contribution in [3.05, 3.63) is 65.5 Å². The maximum Gasteiger partial charge on any atom is 0.254 e. The molecule has 2 atom stereocenters. The van der Waals surface area contributed by atoms with Gasteiger partial charge in [0.05, 0.1) is 0 Å². The Kier molecular flexibility index (Phi) is 4.79. The molecule has 0 unspecified atom stereocenters. The second kappa shape index (κ2) is 7.43. The number of piperidine rings is 1. The van der Waals surface area contributed by atoms with Gasteiger partial charge in [0.15, 0.2) is 0 Å². The number of fused-ring (bicyclic) bond motifs is 2. The van der Waals surface area contributed by atoms with Crippen LogP contribution in [0, 0.1) is 5.82 Å². The minimum absolute atomic E-state index is 0.135. The number of rotatable bonds is 4. The van der Waals surface area contributed by atoms with Crippen molar-refractivity contribution < 1.29 is 13.9 Å². The minimum Gasteiger partial charge on any atom is -0.489 e. The molecule has 146 valence electrons. The third-order valence-corrected chi connectivity index (χ3v) is 7.54. The fourth-order valence-corrected chi connectivity index (χ4v) is 5.38. The maximum absolute atomic E-state index is 13.2. The van der Waals surface area contributed by atoms with Gasteiger partial charge in [0.2, 0.25) is 0 Å². The summed E-state index contributed by atoms with van der Waals surface area (Å²) in [6.07, 6.45) is 4.37. The van der Waals surface area contributed by atoms with E-state index >= 15 is 0 Å². The first-order valence-electron chi connectivity index (χ1n) is 10.1. The molecule has 3 nitrogen and oxygen atoms in total. The molecule has 0 aromatic heterocycles. The highest BCUT2D eigenvalue weighted by molar-refractivity contribution is 8.00. The number of hydrogen-bond donors (Lipinski definition) is 0. The van der Waals surface area contributed by atoms with E-state index in [1.54, 1.807) is 12.1 Å². The first-order valence-corrected chi connectivity index (χ1v) is 11.3. The molecular weight excluding hydrogens is 373 g/mol. The van der Waals surface area contributed by atoms with Crippen LogP contribution < -0.4 is 4.74 Å². The summed E-state index contributed by atoms with van der Waals surface area (Å²) in [6.45, 7) is 0. The molecule has 3 aliphatic rings. The van der Waals surface area contributed by atoms with Crippen LogP contribution in [0.15, 0.2) is 48.5 Å². The second-order valence-corrected chi connectivity index (χ2v) is 9.19. The molecule has 3 aliphatic heterocycles. The van der Waals surface area contributed by atoms with Crippen LogP contribution in [0.2, 0.25) is 0 Å². The molecule has 1 amide bonds. The van der Waals surface area contributed by atoms with Crippen molar-refractivity contribution in [2.75, 3.05) is 11.5 Å². The highest BCUT2D eigenvalue weighted by Crippen LogP contribution is 2.43. The lowest BCUT2D eigenvalue weighted by Gasteiger charge is -2.39. The van der Waals surface area contributed by atoms with E-state index in [9.17, 15) is 9.18 Å². The molecule has 2 aromatic carbocycles. The number of nitrogens with zero attached hydrogens (tertiary/aromatic N) is 1. The van der Waals surface area contributed by atoms with Gasteiger partial charge in [-0.1, -0.05) is 12.1 Å². The maximum atomic E-state index is 13.2. The number of thioether (sulfide) groups is 1. The number of ether oxygens (including phenoxy) is 1. The van der Waals surface area contributed by atoms with Crippen LogP contribution in [0.25, 0.3) is 0 Å². The zero-order chi connectivity index (χ0) is 19.1. The van der Waals surface area contributed by atoms with Crippen LogP contribution in [-0.4, -0.2) is 40.5 Å². The number of amides is 1. The minimum atomic E-state index is -0.192. The fraction of sp³-hybridized carbons (Fsp3) is 0.435. The average molecular weight is 398 g/mol. The molecule has 3 heterocycles. The van der Waals surface area contributed by atoms with Gasteiger partial charge in [-0.15, -0.1) is 0 Å². The smallest absolute Gasteiger partial charge is 0.254 e. The molecule has 2 bridgehead atoms. The molecule has 0 N–H and O–H groups in total.